The number of carbonyl (C=O) groups is 1. The van der Waals surface area contributed by atoms with E-state index < -0.39 is 5.97 Å². The molecular formula is C8H6N4O2S3. The van der Waals surface area contributed by atoms with Crippen molar-refractivity contribution < 1.29 is 9.90 Å². The van der Waals surface area contributed by atoms with Crippen LogP contribution in [0, 0.1) is 0 Å². The summed E-state index contributed by atoms with van der Waals surface area (Å²) in [4.78, 5) is 11.0. The van der Waals surface area contributed by atoms with Crippen LogP contribution < -0.4 is 0 Å². The number of thioether (sulfide) groups is 1. The van der Waals surface area contributed by atoms with Gasteiger partial charge in [0.15, 0.2) is 8.68 Å². The molecule has 0 amide bonds. The fourth-order valence-electron chi connectivity index (χ4n) is 0.961. The normalized spacial score (nSPS) is 10.4. The first-order chi connectivity index (χ1) is 8.20. The Morgan fingerprint density at radius 3 is 2.76 bits per heavy atom. The van der Waals surface area contributed by atoms with Gasteiger partial charge < -0.3 is 5.11 Å². The molecule has 0 aliphatic rings. The van der Waals surface area contributed by atoms with Crippen LogP contribution >= 0.6 is 34.9 Å². The smallest absolute Gasteiger partial charge is 0.338 e. The highest BCUT2D eigenvalue weighted by Gasteiger charge is 2.15. The maximum Gasteiger partial charge on any atom is 0.338 e. The monoisotopic (exact) mass is 286 g/mol. The molecule has 0 aliphatic carbocycles. The standard InChI is InChI=1S/C8H6N4O2S3/c1-15-7-11-12-8(17-7)16-5-4(6(13)14)2-3-9-10-5/h2-3H,1H3,(H,13,14). The fraction of sp³-hybridized carbons (Fsp3) is 0.125. The summed E-state index contributed by atoms with van der Waals surface area (Å²) in [6, 6.07) is 1.41. The molecule has 0 fully saturated rings. The van der Waals surface area contributed by atoms with Crippen LogP contribution in [0.25, 0.3) is 0 Å². The second-order valence-electron chi connectivity index (χ2n) is 2.70. The molecule has 2 rings (SSSR count). The molecule has 17 heavy (non-hydrogen) atoms. The van der Waals surface area contributed by atoms with E-state index in [4.69, 9.17) is 5.11 Å². The Kier molecular flexibility index (Phi) is 3.92. The number of carboxylic acid groups (broad SMARTS) is 1. The van der Waals surface area contributed by atoms with Gasteiger partial charge in [-0.15, -0.1) is 15.3 Å². The van der Waals surface area contributed by atoms with E-state index in [1.54, 1.807) is 0 Å². The molecule has 0 unspecified atom stereocenters. The molecule has 0 bridgehead atoms. The lowest BCUT2D eigenvalue weighted by molar-refractivity contribution is 0.0692. The first kappa shape index (κ1) is 12.3. The van der Waals surface area contributed by atoms with E-state index in [0.717, 1.165) is 16.1 Å². The third-order valence-electron chi connectivity index (χ3n) is 1.66. The lowest BCUT2D eigenvalue weighted by Crippen LogP contribution is -2.01. The number of hydrogen-bond acceptors (Lipinski definition) is 8. The minimum absolute atomic E-state index is 0.117. The molecule has 0 radical (unpaired) electrons. The van der Waals surface area contributed by atoms with Crippen LogP contribution in [0.4, 0.5) is 0 Å². The lowest BCUT2D eigenvalue weighted by atomic mass is 10.3. The number of rotatable bonds is 4. The topological polar surface area (TPSA) is 88.9 Å². The van der Waals surface area contributed by atoms with Gasteiger partial charge >= 0.3 is 5.97 Å². The molecule has 2 aromatic heterocycles. The van der Waals surface area contributed by atoms with Crippen LogP contribution in [0.2, 0.25) is 0 Å². The number of aromatic carboxylic acids is 1. The van der Waals surface area contributed by atoms with E-state index in [-0.39, 0.29) is 5.56 Å². The summed E-state index contributed by atoms with van der Waals surface area (Å²) in [5.74, 6) is -1.03. The Labute approximate surface area is 109 Å². The van der Waals surface area contributed by atoms with Crippen molar-refractivity contribution in [2.45, 2.75) is 13.7 Å². The van der Waals surface area contributed by atoms with Gasteiger partial charge in [0.25, 0.3) is 0 Å². The van der Waals surface area contributed by atoms with Crippen molar-refractivity contribution in [1.82, 2.24) is 20.4 Å². The number of nitrogens with zero attached hydrogens (tertiary/aromatic N) is 4. The van der Waals surface area contributed by atoms with Crippen LogP contribution in [0.5, 0.6) is 0 Å². The average molecular weight is 286 g/mol. The maximum atomic E-state index is 11.0. The highest BCUT2D eigenvalue weighted by Crippen LogP contribution is 2.32. The van der Waals surface area contributed by atoms with Crippen LogP contribution in [0.15, 0.2) is 26.0 Å². The Bertz CT molecular complexity index is 545. The number of carboxylic acids is 1. The second-order valence-corrected chi connectivity index (χ2v) is 5.96. The van der Waals surface area contributed by atoms with Crippen molar-refractivity contribution in [2.24, 2.45) is 0 Å². The Balaban J connectivity index is 2.26. The minimum atomic E-state index is -1.03. The largest absolute Gasteiger partial charge is 0.478 e. The van der Waals surface area contributed by atoms with Gasteiger partial charge in [-0.1, -0.05) is 23.1 Å². The summed E-state index contributed by atoms with van der Waals surface area (Å²) < 4.78 is 1.48. The van der Waals surface area contributed by atoms with E-state index in [1.807, 2.05) is 6.26 Å². The third-order valence-corrected chi connectivity index (χ3v) is 4.61. The van der Waals surface area contributed by atoms with Crippen LogP contribution in [0.3, 0.4) is 0 Å². The van der Waals surface area contributed by atoms with Gasteiger partial charge in [-0.05, 0) is 24.1 Å². The molecule has 0 saturated heterocycles. The van der Waals surface area contributed by atoms with Gasteiger partial charge in [0, 0.05) is 0 Å². The quantitative estimate of drug-likeness (QED) is 0.852. The maximum absolute atomic E-state index is 11.0. The second kappa shape index (κ2) is 5.43. The van der Waals surface area contributed by atoms with Crippen molar-refractivity contribution in [2.75, 3.05) is 6.26 Å². The molecule has 88 valence electrons. The summed E-state index contributed by atoms with van der Waals surface area (Å²) in [6.07, 6.45) is 3.25. The predicted molar refractivity (Wildman–Crippen MR) is 64.8 cm³/mol. The van der Waals surface area contributed by atoms with Crippen molar-refractivity contribution in [1.29, 1.82) is 0 Å². The molecule has 0 spiro atoms. The van der Waals surface area contributed by atoms with E-state index >= 15 is 0 Å². The van der Waals surface area contributed by atoms with Crippen molar-refractivity contribution >= 4 is 40.8 Å². The first-order valence-corrected chi connectivity index (χ1v) is 7.17. The Hall–Kier alpha value is -1.19. The molecule has 0 aliphatic heterocycles. The summed E-state index contributed by atoms with van der Waals surface area (Å²) in [5.41, 5.74) is 0.117. The lowest BCUT2D eigenvalue weighted by Gasteiger charge is -1.99. The molecule has 2 aromatic rings. The molecular weight excluding hydrogens is 280 g/mol. The van der Waals surface area contributed by atoms with E-state index in [1.165, 1.54) is 35.4 Å². The van der Waals surface area contributed by atoms with Gasteiger partial charge in [0.05, 0.1) is 11.8 Å². The van der Waals surface area contributed by atoms with Crippen molar-refractivity contribution in [3.63, 3.8) is 0 Å². The van der Waals surface area contributed by atoms with E-state index in [0.29, 0.717) is 9.37 Å². The fourth-order valence-corrected chi connectivity index (χ4v) is 3.36. The van der Waals surface area contributed by atoms with Gasteiger partial charge in [-0.25, -0.2) is 4.79 Å². The molecule has 6 nitrogen and oxygen atoms in total. The molecule has 2 heterocycles. The van der Waals surface area contributed by atoms with Gasteiger partial charge in [0.2, 0.25) is 0 Å². The Morgan fingerprint density at radius 2 is 2.12 bits per heavy atom. The predicted octanol–water partition coefficient (Wildman–Crippen LogP) is 1.90. The number of aromatic nitrogens is 4. The van der Waals surface area contributed by atoms with Crippen LogP contribution in [-0.2, 0) is 0 Å². The number of hydrogen-bond donors (Lipinski definition) is 1. The molecule has 1 N–H and O–H groups in total. The summed E-state index contributed by atoms with van der Waals surface area (Å²) >= 11 is 4.04. The van der Waals surface area contributed by atoms with E-state index in [9.17, 15) is 4.79 Å². The average Bonchev–Trinajstić information content (AvgIpc) is 2.77. The minimum Gasteiger partial charge on any atom is -0.478 e. The van der Waals surface area contributed by atoms with Crippen molar-refractivity contribution in [3.05, 3.63) is 17.8 Å². The van der Waals surface area contributed by atoms with E-state index in [2.05, 4.69) is 20.4 Å². The van der Waals surface area contributed by atoms with Gasteiger partial charge in [-0.2, -0.15) is 5.10 Å². The SMILES string of the molecule is CSc1nnc(Sc2nnccc2C(=O)O)s1. The summed E-state index contributed by atoms with van der Waals surface area (Å²) in [5, 5.41) is 24.6. The summed E-state index contributed by atoms with van der Waals surface area (Å²) in [6.45, 7) is 0. The zero-order chi connectivity index (χ0) is 12.3. The Morgan fingerprint density at radius 1 is 1.35 bits per heavy atom. The van der Waals surface area contributed by atoms with Crippen LogP contribution in [-0.4, -0.2) is 37.7 Å². The highest BCUT2D eigenvalue weighted by molar-refractivity contribution is 8.03. The van der Waals surface area contributed by atoms with Gasteiger partial charge in [0.1, 0.15) is 5.03 Å². The zero-order valence-electron chi connectivity index (χ0n) is 8.52. The zero-order valence-corrected chi connectivity index (χ0v) is 11.0. The third kappa shape index (κ3) is 2.93. The molecule has 0 saturated carbocycles. The van der Waals surface area contributed by atoms with Crippen LogP contribution in [0.1, 0.15) is 10.4 Å². The summed E-state index contributed by atoms with van der Waals surface area (Å²) in [7, 11) is 0. The van der Waals surface area contributed by atoms with Gasteiger partial charge in [-0.3, -0.25) is 0 Å². The molecule has 0 atom stereocenters. The highest BCUT2D eigenvalue weighted by atomic mass is 32.2. The van der Waals surface area contributed by atoms with Crippen molar-refractivity contribution in [3.8, 4) is 0 Å². The molecule has 9 heteroatoms. The molecule has 0 aromatic carbocycles. The first-order valence-electron chi connectivity index (χ1n) is 4.31.